The zero-order chi connectivity index (χ0) is 17.4. The molecule has 0 aliphatic heterocycles. The second kappa shape index (κ2) is 8.99. The minimum absolute atomic E-state index is 0.196. The van der Waals surface area contributed by atoms with Crippen molar-refractivity contribution in [3.8, 4) is 0 Å². The summed E-state index contributed by atoms with van der Waals surface area (Å²) in [6.45, 7) is 3.84. The molecule has 0 heterocycles. The van der Waals surface area contributed by atoms with E-state index < -0.39 is 23.6 Å². The quantitative estimate of drug-likeness (QED) is 0.765. The molecule has 1 rings (SSSR count). The van der Waals surface area contributed by atoms with Gasteiger partial charge in [0.05, 0.1) is 0 Å². The number of nitrogens with zero attached hydrogens (tertiary/aromatic N) is 1. The van der Waals surface area contributed by atoms with Gasteiger partial charge in [-0.15, -0.1) is 0 Å². The molecule has 1 amide bonds. The van der Waals surface area contributed by atoms with Gasteiger partial charge in [0.15, 0.2) is 0 Å². The number of aliphatic carboxylic acids is 1. The van der Waals surface area contributed by atoms with Gasteiger partial charge in [0, 0.05) is 32.6 Å². The van der Waals surface area contributed by atoms with Crippen LogP contribution in [0.25, 0.3) is 6.08 Å². The fourth-order valence-electron chi connectivity index (χ4n) is 1.97. The van der Waals surface area contributed by atoms with Gasteiger partial charge in [0.1, 0.15) is 17.7 Å². The van der Waals surface area contributed by atoms with E-state index in [1.54, 1.807) is 11.0 Å². The Morgan fingerprint density at radius 1 is 1.30 bits per heavy atom. The molecular formula is C16H20F2N2O3. The number of halogens is 2. The lowest BCUT2D eigenvalue weighted by Crippen LogP contribution is -2.43. The molecule has 1 aromatic rings. The van der Waals surface area contributed by atoms with Crippen LogP contribution in [0.1, 0.15) is 19.4 Å². The van der Waals surface area contributed by atoms with Gasteiger partial charge >= 0.3 is 5.97 Å². The van der Waals surface area contributed by atoms with Crippen LogP contribution < -0.4 is 5.32 Å². The number of carboxylic acids is 1. The average molecular weight is 326 g/mol. The molecule has 0 fully saturated rings. The third kappa shape index (κ3) is 7.01. The van der Waals surface area contributed by atoms with Gasteiger partial charge in [-0.1, -0.05) is 12.2 Å². The first-order valence-corrected chi connectivity index (χ1v) is 7.13. The Morgan fingerprint density at radius 3 is 2.43 bits per heavy atom. The van der Waals surface area contributed by atoms with Crippen LogP contribution in [0.3, 0.4) is 0 Å². The highest BCUT2D eigenvalue weighted by Gasteiger charge is 2.19. The van der Waals surface area contributed by atoms with E-state index in [2.05, 4.69) is 5.32 Å². The van der Waals surface area contributed by atoms with E-state index >= 15 is 0 Å². The summed E-state index contributed by atoms with van der Waals surface area (Å²) in [7, 11) is 0. The molecule has 0 saturated heterocycles. The Kier molecular flexibility index (Phi) is 7.34. The summed E-state index contributed by atoms with van der Waals surface area (Å²) in [6.07, 6.45) is 3.15. The normalized spacial score (nSPS) is 12.6. The molecule has 0 aliphatic rings. The first-order chi connectivity index (χ1) is 10.8. The molecule has 1 unspecified atom stereocenters. The third-order valence-electron chi connectivity index (χ3n) is 3.21. The molecule has 0 aliphatic carbocycles. The summed E-state index contributed by atoms with van der Waals surface area (Å²) < 4.78 is 26.2. The van der Waals surface area contributed by atoms with E-state index in [0.717, 1.165) is 6.07 Å². The molecule has 23 heavy (non-hydrogen) atoms. The number of nitrogens with one attached hydrogen (secondary N) is 1. The highest BCUT2D eigenvalue weighted by atomic mass is 19.1. The summed E-state index contributed by atoms with van der Waals surface area (Å²) in [5, 5.41) is 11.7. The molecule has 0 radical (unpaired) electrons. The van der Waals surface area contributed by atoms with Crippen molar-refractivity contribution in [2.75, 3.05) is 19.6 Å². The third-order valence-corrected chi connectivity index (χ3v) is 3.21. The fraction of sp³-hybridized carbons (Fsp3) is 0.375. The van der Waals surface area contributed by atoms with E-state index in [0.29, 0.717) is 18.7 Å². The molecule has 0 bridgehead atoms. The Balaban J connectivity index is 2.69. The van der Waals surface area contributed by atoms with Crippen molar-refractivity contribution in [1.29, 1.82) is 0 Å². The Labute approximate surface area is 133 Å². The lowest BCUT2D eigenvalue weighted by atomic mass is 10.2. The van der Waals surface area contributed by atoms with Gasteiger partial charge in [0.2, 0.25) is 5.91 Å². The van der Waals surface area contributed by atoms with Crippen LogP contribution in [-0.4, -0.2) is 47.6 Å². The Morgan fingerprint density at radius 2 is 1.91 bits per heavy atom. The molecule has 0 spiro atoms. The van der Waals surface area contributed by atoms with Gasteiger partial charge in [0.25, 0.3) is 0 Å². The van der Waals surface area contributed by atoms with Crippen molar-refractivity contribution in [2.24, 2.45) is 0 Å². The van der Waals surface area contributed by atoms with Crippen molar-refractivity contribution >= 4 is 18.0 Å². The smallest absolute Gasteiger partial charge is 0.320 e. The van der Waals surface area contributed by atoms with Gasteiger partial charge in [-0.05, 0) is 24.6 Å². The number of benzene rings is 1. The summed E-state index contributed by atoms with van der Waals surface area (Å²) in [6, 6.07) is 2.39. The SMILES string of the molecule is CC(=O)NCCN(C/C=C/c1cc(F)cc(F)c1)C(C)C(=O)O. The van der Waals surface area contributed by atoms with Crippen molar-refractivity contribution in [1.82, 2.24) is 10.2 Å². The predicted molar refractivity (Wildman–Crippen MR) is 82.7 cm³/mol. The monoisotopic (exact) mass is 326 g/mol. The maximum Gasteiger partial charge on any atom is 0.320 e. The molecule has 7 heteroatoms. The van der Waals surface area contributed by atoms with Crippen LogP contribution in [0, 0.1) is 11.6 Å². The van der Waals surface area contributed by atoms with Crippen molar-refractivity contribution < 1.29 is 23.5 Å². The second-order valence-corrected chi connectivity index (χ2v) is 5.10. The molecule has 126 valence electrons. The number of carbonyl (C=O) groups excluding carboxylic acids is 1. The highest BCUT2D eigenvalue weighted by Crippen LogP contribution is 2.10. The van der Waals surface area contributed by atoms with E-state index in [-0.39, 0.29) is 12.5 Å². The average Bonchev–Trinajstić information content (AvgIpc) is 2.43. The molecule has 0 saturated carbocycles. The lowest BCUT2D eigenvalue weighted by molar-refractivity contribution is -0.142. The molecular weight excluding hydrogens is 306 g/mol. The van der Waals surface area contributed by atoms with E-state index in [1.807, 2.05) is 0 Å². The lowest BCUT2D eigenvalue weighted by Gasteiger charge is -2.24. The van der Waals surface area contributed by atoms with Gasteiger partial charge in [-0.25, -0.2) is 8.78 Å². The number of carbonyl (C=O) groups is 2. The van der Waals surface area contributed by atoms with Gasteiger partial charge in [-0.2, -0.15) is 0 Å². The molecule has 1 aromatic carbocycles. The topological polar surface area (TPSA) is 69.6 Å². The summed E-state index contributed by atoms with van der Waals surface area (Å²) in [4.78, 5) is 23.6. The van der Waals surface area contributed by atoms with E-state index in [9.17, 15) is 18.4 Å². The van der Waals surface area contributed by atoms with Crippen LogP contribution in [0.15, 0.2) is 24.3 Å². The van der Waals surface area contributed by atoms with Crippen LogP contribution >= 0.6 is 0 Å². The zero-order valence-electron chi connectivity index (χ0n) is 13.1. The van der Waals surface area contributed by atoms with Crippen molar-refractivity contribution in [2.45, 2.75) is 19.9 Å². The molecule has 2 N–H and O–H groups in total. The Hall–Kier alpha value is -2.28. The number of amides is 1. The second-order valence-electron chi connectivity index (χ2n) is 5.10. The number of rotatable bonds is 8. The fourth-order valence-corrected chi connectivity index (χ4v) is 1.97. The molecule has 1 atom stereocenters. The first kappa shape index (κ1) is 18.8. The van der Waals surface area contributed by atoms with Crippen LogP contribution in [-0.2, 0) is 9.59 Å². The van der Waals surface area contributed by atoms with Gasteiger partial charge < -0.3 is 10.4 Å². The van der Waals surface area contributed by atoms with E-state index in [1.165, 1.54) is 32.1 Å². The molecule has 0 aromatic heterocycles. The standard InChI is InChI=1S/C16H20F2N2O3/c1-11(16(22)23)20(7-5-19-12(2)21)6-3-4-13-8-14(17)10-15(18)9-13/h3-4,8-11H,5-7H2,1-2H3,(H,19,21)(H,22,23)/b4-3+. The van der Waals surface area contributed by atoms with Crippen LogP contribution in [0.2, 0.25) is 0 Å². The number of hydrogen-bond donors (Lipinski definition) is 2. The summed E-state index contributed by atoms with van der Waals surface area (Å²) in [5.74, 6) is -2.53. The predicted octanol–water partition coefficient (Wildman–Crippen LogP) is 1.89. The van der Waals surface area contributed by atoms with Crippen molar-refractivity contribution in [3.63, 3.8) is 0 Å². The van der Waals surface area contributed by atoms with E-state index in [4.69, 9.17) is 5.11 Å². The number of hydrogen-bond acceptors (Lipinski definition) is 3. The highest BCUT2D eigenvalue weighted by molar-refractivity contribution is 5.73. The Bertz CT molecular complexity index is 570. The maximum atomic E-state index is 13.1. The summed E-state index contributed by atoms with van der Waals surface area (Å²) in [5.41, 5.74) is 0.354. The van der Waals surface area contributed by atoms with Crippen LogP contribution in [0.5, 0.6) is 0 Å². The minimum atomic E-state index is -0.988. The number of carboxylic acid groups (broad SMARTS) is 1. The maximum absolute atomic E-state index is 13.1. The van der Waals surface area contributed by atoms with Crippen LogP contribution in [0.4, 0.5) is 8.78 Å². The first-order valence-electron chi connectivity index (χ1n) is 7.13. The molecule has 5 nitrogen and oxygen atoms in total. The minimum Gasteiger partial charge on any atom is -0.480 e. The van der Waals surface area contributed by atoms with Crippen molar-refractivity contribution in [3.05, 3.63) is 41.5 Å². The zero-order valence-corrected chi connectivity index (χ0v) is 13.1. The summed E-state index contributed by atoms with van der Waals surface area (Å²) >= 11 is 0. The largest absolute Gasteiger partial charge is 0.480 e. The van der Waals surface area contributed by atoms with Gasteiger partial charge in [-0.3, -0.25) is 14.5 Å².